The van der Waals surface area contributed by atoms with Crippen molar-refractivity contribution in [1.29, 1.82) is 0 Å². The summed E-state index contributed by atoms with van der Waals surface area (Å²) in [6.45, 7) is 0. The molecule has 1 aromatic carbocycles. The largest absolute Gasteiger partial charge is 0.348 e. The molecule has 1 aromatic rings. The Labute approximate surface area is 123 Å². The Kier molecular flexibility index (Phi) is 4.09. The lowest BCUT2D eigenvalue weighted by Gasteiger charge is -2.11. The van der Waals surface area contributed by atoms with Gasteiger partial charge in [-0.3, -0.25) is 14.9 Å². The first-order chi connectivity index (χ1) is 9.28. The van der Waals surface area contributed by atoms with E-state index in [0.29, 0.717) is 10.9 Å². The molecule has 2 rings (SSSR count). The quantitative estimate of drug-likeness (QED) is 0.643. The number of halogens is 1. The number of nitrogens with zero attached hydrogens (tertiary/aromatic N) is 1. The molecule has 1 heterocycles. The summed E-state index contributed by atoms with van der Waals surface area (Å²) in [5.41, 5.74) is -0.0825. The third kappa shape index (κ3) is 3.34. The molecule has 9 heteroatoms. The van der Waals surface area contributed by atoms with Crippen LogP contribution in [-0.4, -0.2) is 36.8 Å². The summed E-state index contributed by atoms with van der Waals surface area (Å²) in [5, 5.41) is 13.3. The van der Waals surface area contributed by atoms with Gasteiger partial charge in [-0.15, -0.1) is 0 Å². The maximum Gasteiger partial charge on any atom is 0.270 e. The smallest absolute Gasteiger partial charge is 0.270 e. The maximum atomic E-state index is 12.0. The van der Waals surface area contributed by atoms with Gasteiger partial charge < -0.3 is 5.32 Å². The molecular weight excluding hydrogens is 352 g/mol. The van der Waals surface area contributed by atoms with Crippen LogP contribution in [0.1, 0.15) is 16.8 Å². The lowest BCUT2D eigenvalue weighted by Crippen LogP contribution is -2.35. The second kappa shape index (κ2) is 5.49. The van der Waals surface area contributed by atoms with Gasteiger partial charge >= 0.3 is 0 Å². The van der Waals surface area contributed by atoms with Crippen molar-refractivity contribution in [3.8, 4) is 0 Å². The average Bonchev–Trinajstić information content (AvgIpc) is 2.68. The third-order valence-corrected chi connectivity index (χ3v) is 5.43. The highest BCUT2D eigenvalue weighted by Gasteiger charge is 2.29. The van der Waals surface area contributed by atoms with E-state index in [-0.39, 0.29) is 22.8 Å². The van der Waals surface area contributed by atoms with Crippen molar-refractivity contribution in [2.75, 3.05) is 11.5 Å². The molecule has 1 fully saturated rings. The normalized spacial score (nSPS) is 20.6. The van der Waals surface area contributed by atoms with Gasteiger partial charge in [0.05, 0.1) is 22.0 Å². The molecule has 1 amide bonds. The van der Waals surface area contributed by atoms with Crippen molar-refractivity contribution >= 4 is 37.4 Å². The van der Waals surface area contributed by atoms with Crippen molar-refractivity contribution in [1.82, 2.24) is 5.32 Å². The highest BCUT2D eigenvalue weighted by Crippen LogP contribution is 2.23. The zero-order chi connectivity index (χ0) is 14.9. The number of carbonyl (C=O) groups excluding carboxylic acids is 1. The van der Waals surface area contributed by atoms with Crippen LogP contribution < -0.4 is 5.32 Å². The van der Waals surface area contributed by atoms with Crippen LogP contribution in [0.3, 0.4) is 0 Å². The summed E-state index contributed by atoms with van der Waals surface area (Å²) in [6.07, 6.45) is 0.362. The molecule has 20 heavy (non-hydrogen) atoms. The van der Waals surface area contributed by atoms with E-state index in [1.54, 1.807) is 0 Å². The van der Waals surface area contributed by atoms with Gasteiger partial charge in [0.25, 0.3) is 11.6 Å². The molecule has 0 spiro atoms. The minimum Gasteiger partial charge on any atom is -0.348 e. The van der Waals surface area contributed by atoms with Crippen LogP contribution in [-0.2, 0) is 9.84 Å². The second-order valence-electron chi connectivity index (χ2n) is 4.49. The summed E-state index contributed by atoms with van der Waals surface area (Å²) in [5.74, 6) is -0.568. The standard InChI is InChI=1S/C11H11BrN2O5S/c12-10-2-1-8(14(16)17)5-9(10)11(15)13-7-3-4-20(18,19)6-7/h1-2,5,7H,3-4,6H2,(H,13,15). The van der Waals surface area contributed by atoms with Gasteiger partial charge in [-0.05, 0) is 28.4 Å². The number of sulfone groups is 1. The van der Waals surface area contributed by atoms with Crippen molar-refractivity contribution in [3.63, 3.8) is 0 Å². The Morgan fingerprint density at radius 1 is 1.45 bits per heavy atom. The van der Waals surface area contributed by atoms with Gasteiger partial charge in [0.1, 0.15) is 0 Å². The number of hydrogen-bond donors (Lipinski definition) is 1. The van der Waals surface area contributed by atoms with E-state index in [1.165, 1.54) is 12.1 Å². The molecule has 1 unspecified atom stereocenters. The zero-order valence-corrected chi connectivity index (χ0v) is 12.6. The SMILES string of the molecule is O=C(NC1CCS(=O)(=O)C1)c1cc([N+](=O)[O-])ccc1Br. The van der Waals surface area contributed by atoms with Gasteiger partial charge in [-0.2, -0.15) is 0 Å². The van der Waals surface area contributed by atoms with E-state index in [9.17, 15) is 23.3 Å². The summed E-state index contributed by atoms with van der Waals surface area (Å²) >= 11 is 3.15. The molecule has 0 aromatic heterocycles. The minimum absolute atomic E-state index is 0.0497. The van der Waals surface area contributed by atoms with Gasteiger partial charge in [0, 0.05) is 22.6 Å². The van der Waals surface area contributed by atoms with Crippen LogP contribution >= 0.6 is 15.9 Å². The van der Waals surface area contributed by atoms with E-state index in [4.69, 9.17) is 0 Å². The number of carbonyl (C=O) groups is 1. The molecule has 0 bridgehead atoms. The molecule has 1 saturated heterocycles. The predicted octanol–water partition coefficient (Wildman–Crippen LogP) is 1.27. The first-order valence-corrected chi connectivity index (χ1v) is 8.35. The Hall–Kier alpha value is -1.48. The van der Waals surface area contributed by atoms with Crippen LogP contribution in [0.2, 0.25) is 0 Å². The number of benzene rings is 1. The maximum absolute atomic E-state index is 12.0. The Balaban J connectivity index is 2.17. The van der Waals surface area contributed by atoms with E-state index in [2.05, 4.69) is 21.2 Å². The fraction of sp³-hybridized carbons (Fsp3) is 0.364. The molecule has 0 radical (unpaired) electrons. The van der Waals surface area contributed by atoms with Crippen molar-refractivity contribution in [2.24, 2.45) is 0 Å². The molecule has 0 aliphatic carbocycles. The average molecular weight is 363 g/mol. The molecule has 1 aliphatic heterocycles. The van der Waals surface area contributed by atoms with Gasteiger partial charge in [-0.1, -0.05) is 0 Å². The van der Waals surface area contributed by atoms with Crippen LogP contribution in [0.4, 0.5) is 5.69 Å². The van der Waals surface area contributed by atoms with Gasteiger partial charge in [-0.25, -0.2) is 8.42 Å². The topological polar surface area (TPSA) is 106 Å². The van der Waals surface area contributed by atoms with Crippen molar-refractivity contribution in [3.05, 3.63) is 38.3 Å². The Morgan fingerprint density at radius 2 is 2.15 bits per heavy atom. The van der Waals surface area contributed by atoms with E-state index < -0.39 is 26.7 Å². The van der Waals surface area contributed by atoms with E-state index in [1.807, 2.05) is 0 Å². The monoisotopic (exact) mass is 362 g/mol. The van der Waals surface area contributed by atoms with Crippen LogP contribution in [0.5, 0.6) is 0 Å². The minimum atomic E-state index is -3.09. The number of nitro groups is 1. The highest BCUT2D eigenvalue weighted by molar-refractivity contribution is 9.10. The van der Waals surface area contributed by atoms with Gasteiger partial charge in [0.2, 0.25) is 0 Å². The number of hydrogen-bond acceptors (Lipinski definition) is 5. The summed E-state index contributed by atoms with van der Waals surface area (Å²) < 4.78 is 23.1. The summed E-state index contributed by atoms with van der Waals surface area (Å²) in [7, 11) is -3.09. The number of rotatable bonds is 3. The third-order valence-electron chi connectivity index (χ3n) is 2.97. The molecule has 108 valence electrons. The second-order valence-corrected chi connectivity index (χ2v) is 7.58. The number of nitrogens with one attached hydrogen (secondary N) is 1. The van der Waals surface area contributed by atoms with E-state index in [0.717, 1.165) is 6.07 Å². The fourth-order valence-corrected chi connectivity index (χ4v) is 4.07. The fourth-order valence-electron chi connectivity index (χ4n) is 1.97. The van der Waals surface area contributed by atoms with Crippen LogP contribution in [0, 0.1) is 10.1 Å². The molecule has 7 nitrogen and oxygen atoms in total. The van der Waals surface area contributed by atoms with Crippen molar-refractivity contribution < 1.29 is 18.1 Å². The first kappa shape index (κ1) is 14.9. The van der Waals surface area contributed by atoms with Crippen molar-refractivity contribution in [2.45, 2.75) is 12.5 Å². The highest BCUT2D eigenvalue weighted by atomic mass is 79.9. The first-order valence-electron chi connectivity index (χ1n) is 5.74. The zero-order valence-electron chi connectivity index (χ0n) is 10.2. The predicted molar refractivity (Wildman–Crippen MR) is 75.3 cm³/mol. The molecule has 1 N–H and O–H groups in total. The number of amides is 1. The summed E-state index contributed by atoms with van der Waals surface area (Å²) in [6, 6.07) is 3.40. The summed E-state index contributed by atoms with van der Waals surface area (Å²) in [4.78, 5) is 22.2. The Morgan fingerprint density at radius 3 is 2.70 bits per heavy atom. The molecular formula is C11H11BrN2O5S. The molecule has 1 aliphatic rings. The lowest BCUT2D eigenvalue weighted by atomic mass is 10.1. The van der Waals surface area contributed by atoms with E-state index >= 15 is 0 Å². The van der Waals surface area contributed by atoms with Crippen LogP contribution in [0.15, 0.2) is 22.7 Å². The number of non-ortho nitro benzene ring substituents is 1. The number of nitro benzene ring substituents is 1. The Bertz CT molecular complexity index is 673. The lowest BCUT2D eigenvalue weighted by molar-refractivity contribution is -0.384. The molecule has 1 atom stereocenters. The van der Waals surface area contributed by atoms with Crippen LogP contribution in [0.25, 0.3) is 0 Å². The molecule has 0 saturated carbocycles. The van der Waals surface area contributed by atoms with Gasteiger partial charge in [0.15, 0.2) is 9.84 Å².